The number of methoxy groups -OCH3 is 2. The van der Waals surface area contributed by atoms with Gasteiger partial charge in [0.15, 0.2) is 0 Å². The van der Waals surface area contributed by atoms with Crippen LogP contribution in [0.3, 0.4) is 0 Å². The van der Waals surface area contributed by atoms with E-state index in [2.05, 4.69) is 10.3 Å². The van der Waals surface area contributed by atoms with E-state index in [0.717, 1.165) is 16.9 Å². The van der Waals surface area contributed by atoms with Gasteiger partial charge < -0.3 is 18.8 Å². The van der Waals surface area contributed by atoms with Crippen LogP contribution >= 0.6 is 0 Å². The molecule has 2 rings (SSSR count). The average molecular weight is 405 g/mol. The fourth-order valence-electron chi connectivity index (χ4n) is 2.98. The minimum Gasteiger partial charge on any atom is -0.494 e. The maximum atomic E-state index is 12.2. The lowest BCUT2D eigenvalue weighted by atomic mass is 9.88. The van der Waals surface area contributed by atoms with Gasteiger partial charge in [0.1, 0.15) is 17.2 Å². The number of ether oxygens (including phenoxy) is 3. The van der Waals surface area contributed by atoms with Crippen molar-refractivity contribution in [2.24, 2.45) is 12.5 Å². The van der Waals surface area contributed by atoms with Gasteiger partial charge in [-0.25, -0.2) is 9.78 Å². The normalized spacial score (nSPS) is 12.0. The summed E-state index contributed by atoms with van der Waals surface area (Å²) < 4.78 is 17.6. The molecule has 1 heterocycles. The van der Waals surface area contributed by atoms with Gasteiger partial charge in [-0.3, -0.25) is 10.1 Å². The number of aromatic nitrogens is 2. The molecule has 0 unspecified atom stereocenters. The Balaban J connectivity index is 2.31. The van der Waals surface area contributed by atoms with Gasteiger partial charge in [-0.05, 0) is 47.1 Å². The molecule has 0 aliphatic rings. The van der Waals surface area contributed by atoms with Gasteiger partial charge in [-0.1, -0.05) is 0 Å². The molecule has 1 N–H and O–H groups in total. The van der Waals surface area contributed by atoms with Crippen LogP contribution in [0.4, 0.5) is 10.5 Å². The topological polar surface area (TPSA) is 91.7 Å². The lowest BCUT2D eigenvalue weighted by Gasteiger charge is -2.21. The Labute approximate surface area is 171 Å². The standard InChI is InChI=1S/C21H31N3O5/c1-20(2,3)29-19(26)23-14-11-15-13(12-16(14)27-7)22-17(24(15)6)9-10-21(4,5)18(25)28-8/h11-12H,9-10H2,1-8H3,(H,23,26). The number of hydrogen-bond acceptors (Lipinski definition) is 6. The number of carbonyl (C=O) groups excluding carboxylic acids is 2. The van der Waals surface area contributed by atoms with Gasteiger partial charge in [0.2, 0.25) is 0 Å². The molecule has 1 aromatic heterocycles. The molecule has 0 bridgehead atoms. The SMILES string of the molecule is COC(=O)C(C)(C)CCc1nc2cc(OC)c(NC(=O)OC(C)(C)C)cc2n1C. The van der Waals surface area contributed by atoms with Crippen molar-refractivity contribution >= 4 is 28.8 Å². The van der Waals surface area contributed by atoms with Crippen molar-refractivity contribution < 1.29 is 23.8 Å². The fourth-order valence-corrected chi connectivity index (χ4v) is 2.98. The van der Waals surface area contributed by atoms with E-state index in [9.17, 15) is 9.59 Å². The number of aryl methyl sites for hydroxylation is 2. The summed E-state index contributed by atoms with van der Waals surface area (Å²) in [7, 11) is 4.83. The summed E-state index contributed by atoms with van der Waals surface area (Å²) in [5.74, 6) is 1.07. The van der Waals surface area contributed by atoms with Crippen molar-refractivity contribution in [2.45, 2.75) is 53.1 Å². The van der Waals surface area contributed by atoms with E-state index in [0.29, 0.717) is 24.3 Å². The summed E-state index contributed by atoms with van der Waals surface area (Å²) >= 11 is 0. The first-order chi connectivity index (χ1) is 13.4. The predicted octanol–water partition coefficient (Wildman–Crippen LogP) is 4.06. The lowest BCUT2D eigenvalue weighted by Crippen LogP contribution is -2.27. The molecule has 0 fully saturated rings. The van der Waals surface area contributed by atoms with Crippen LogP contribution in [0.1, 0.15) is 46.9 Å². The summed E-state index contributed by atoms with van der Waals surface area (Å²) in [5.41, 5.74) is 0.869. The van der Waals surface area contributed by atoms with Crippen LogP contribution in [0, 0.1) is 5.41 Å². The highest BCUT2D eigenvalue weighted by molar-refractivity contribution is 5.92. The Bertz CT molecular complexity index is 909. The van der Waals surface area contributed by atoms with E-state index in [1.807, 2.05) is 25.5 Å². The molecule has 160 valence electrons. The van der Waals surface area contributed by atoms with Crippen molar-refractivity contribution in [3.05, 3.63) is 18.0 Å². The maximum absolute atomic E-state index is 12.2. The summed E-state index contributed by atoms with van der Waals surface area (Å²) in [6, 6.07) is 3.58. The third-order valence-corrected chi connectivity index (χ3v) is 4.64. The molecule has 2 aromatic rings. The molecule has 0 aliphatic carbocycles. The minimum absolute atomic E-state index is 0.248. The van der Waals surface area contributed by atoms with Crippen LogP contribution in [0.15, 0.2) is 12.1 Å². The Hall–Kier alpha value is -2.77. The predicted molar refractivity (Wildman–Crippen MR) is 111 cm³/mol. The highest BCUT2D eigenvalue weighted by atomic mass is 16.6. The number of esters is 1. The summed E-state index contributed by atoms with van der Waals surface area (Å²) in [5, 5.41) is 2.74. The van der Waals surface area contributed by atoms with Gasteiger partial charge in [0.25, 0.3) is 0 Å². The molecule has 0 atom stereocenters. The number of anilines is 1. The van der Waals surface area contributed by atoms with Crippen molar-refractivity contribution in [1.29, 1.82) is 0 Å². The largest absolute Gasteiger partial charge is 0.494 e. The molecule has 1 amide bonds. The first kappa shape index (κ1) is 22.5. The number of nitrogens with one attached hydrogen (secondary N) is 1. The van der Waals surface area contributed by atoms with Crippen LogP contribution < -0.4 is 10.1 Å². The Morgan fingerprint density at radius 2 is 1.79 bits per heavy atom. The second-order valence-corrected chi connectivity index (χ2v) is 8.63. The van der Waals surface area contributed by atoms with Gasteiger partial charge in [-0.15, -0.1) is 0 Å². The van der Waals surface area contributed by atoms with Gasteiger partial charge in [0, 0.05) is 19.5 Å². The molecule has 0 saturated heterocycles. The van der Waals surface area contributed by atoms with E-state index in [-0.39, 0.29) is 5.97 Å². The number of nitrogens with zero attached hydrogens (tertiary/aromatic N) is 2. The third-order valence-electron chi connectivity index (χ3n) is 4.64. The molecular weight excluding hydrogens is 374 g/mol. The van der Waals surface area contributed by atoms with Gasteiger partial charge >= 0.3 is 12.1 Å². The second-order valence-electron chi connectivity index (χ2n) is 8.63. The van der Waals surface area contributed by atoms with Crippen LogP contribution in [0.5, 0.6) is 5.75 Å². The molecule has 1 aromatic carbocycles. The molecule has 8 heteroatoms. The molecule has 8 nitrogen and oxygen atoms in total. The van der Waals surface area contributed by atoms with Crippen LogP contribution in [0.2, 0.25) is 0 Å². The van der Waals surface area contributed by atoms with Crippen molar-refractivity contribution in [3.63, 3.8) is 0 Å². The number of benzene rings is 1. The smallest absolute Gasteiger partial charge is 0.412 e. The molecule has 0 spiro atoms. The van der Waals surface area contributed by atoms with Crippen molar-refractivity contribution in [3.8, 4) is 5.75 Å². The highest BCUT2D eigenvalue weighted by Gasteiger charge is 2.29. The molecule has 29 heavy (non-hydrogen) atoms. The molecular formula is C21H31N3O5. The number of imidazole rings is 1. The van der Waals surface area contributed by atoms with Gasteiger partial charge in [0.05, 0.1) is 36.4 Å². The Kier molecular flexibility index (Phi) is 6.45. The first-order valence-electron chi connectivity index (χ1n) is 9.49. The third kappa shape index (κ3) is 5.40. The Morgan fingerprint density at radius 3 is 2.34 bits per heavy atom. The molecule has 0 saturated carbocycles. The van der Waals surface area contributed by atoms with Crippen LogP contribution in [-0.2, 0) is 27.7 Å². The minimum atomic E-state index is -0.604. The quantitative estimate of drug-likeness (QED) is 0.729. The monoisotopic (exact) mass is 405 g/mol. The number of carbonyl (C=O) groups is 2. The zero-order valence-corrected chi connectivity index (χ0v) is 18.5. The zero-order valence-electron chi connectivity index (χ0n) is 18.5. The van der Waals surface area contributed by atoms with Crippen molar-refractivity contribution in [1.82, 2.24) is 9.55 Å². The number of fused-ring (bicyclic) bond motifs is 1. The number of hydrogen-bond donors (Lipinski definition) is 1. The number of amides is 1. The lowest BCUT2D eigenvalue weighted by molar-refractivity contribution is -0.151. The van der Waals surface area contributed by atoms with E-state index in [1.165, 1.54) is 14.2 Å². The Morgan fingerprint density at radius 1 is 1.14 bits per heavy atom. The van der Waals surface area contributed by atoms with E-state index in [1.54, 1.807) is 32.9 Å². The van der Waals surface area contributed by atoms with Crippen LogP contribution in [-0.4, -0.2) is 41.4 Å². The first-order valence-corrected chi connectivity index (χ1v) is 9.49. The zero-order chi connectivity index (χ0) is 22.0. The molecule has 0 aliphatic heterocycles. The highest BCUT2D eigenvalue weighted by Crippen LogP contribution is 2.32. The maximum Gasteiger partial charge on any atom is 0.412 e. The number of rotatable bonds is 6. The summed E-state index contributed by atoms with van der Waals surface area (Å²) in [6.45, 7) is 9.11. The van der Waals surface area contributed by atoms with E-state index in [4.69, 9.17) is 14.2 Å². The average Bonchev–Trinajstić information content (AvgIpc) is 2.92. The van der Waals surface area contributed by atoms with Gasteiger partial charge in [-0.2, -0.15) is 0 Å². The summed E-state index contributed by atoms with van der Waals surface area (Å²) in [6.07, 6.45) is 0.638. The fraction of sp³-hybridized carbons (Fsp3) is 0.571. The van der Waals surface area contributed by atoms with Crippen LogP contribution in [0.25, 0.3) is 11.0 Å². The summed E-state index contributed by atoms with van der Waals surface area (Å²) in [4.78, 5) is 28.8. The molecule has 0 radical (unpaired) electrons. The van der Waals surface area contributed by atoms with E-state index < -0.39 is 17.1 Å². The second kappa shape index (κ2) is 8.31. The van der Waals surface area contributed by atoms with Crippen molar-refractivity contribution in [2.75, 3.05) is 19.5 Å². The van der Waals surface area contributed by atoms with E-state index >= 15 is 0 Å².